The molecule has 0 atom stereocenters. The molecule has 0 saturated heterocycles. The summed E-state index contributed by atoms with van der Waals surface area (Å²) in [5, 5.41) is 12.0. The van der Waals surface area contributed by atoms with E-state index in [4.69, 9.17) is 10.2 Å². The lowest BCUT2D eigenvalue weighted by molar-refractivity contribution is 0.647. The van der Waals surface area contributed by atoms with Crippen LogP contribution in [-0.2, 0) is 6.42 Å². The van der Waals surface area contributed by atoms with Crippen molar-refractivity contribution >= 4 is 38.9 Å². The predicted molar refractivity (Wildman–Crippen MR) is 220 cm³/mol. The highest BCUT2D eigenvalue weighted by molar-refractivity contribution is 6.09. The number of fused-ring (bicyclic) bond motifs is 3. The van der Waals surface area contributed by atoms with Crippen molar-refractivity contribution in [3.8, 4) is 34.2 Å². The molecule has 0 amide bonds. The van der Waals surface area contributed by atoms with Gasteiger partial charge in [0.2, 0.25) is 0 Å². The van der Waals surface area contributed by atoms with E-state index < -0.39 is 0 Å². The van der Waals surface area contributed by atoms with Crippen molar-refractivity contribution in [3.63, 3.8) is 0 Å². The van der Waals surface area contributed by atoms with Crippen molar-refractivity contribution in [2.75, 3.05) is 4.90 Å². The average molecular weight is 686 g/mol. The maximum atomic E-state index is 4.75. The molecule has 0 radical (unpaired) electrons. The van der Waals surface area contributed by atoms with E-state index in [1.165, 1.54) is 27.4 Å². The van der Waals surface area contributed by atoms with Crippen LogP contribution in [0.2, 0.25) is 0 Å². The van der Waals surface area contributed by atoms with Crippen molar-refractivity contribution in [3.05, 3.63) is 188 Å². The fraction of sp³-hybridized carbons (Fsp3) is 0.0833. The molecule has 7 aromatic carbocycles. The van der Waals surface area contributed by atoms with Crippen LogP contribution in [-0.4, -0.2) is 19.3 Å². The molecule has 0 aliphatic rings. The first-order valence-electron chi connectivity index (χ1n) is 18.3. The van der Waals surface area contributed by atoms with E-state index in [2.05, 4.69) is 192 Å². The van der Waals surface area contributed by atoms with Crippen molar-refractivity contribution < 1.29 is 0 Å². The van der Waals surface area contributed by atoms with Gasteiger partial charge in [0.05, 0.1) is 11.0 Å². The number of nitrogens with zero attached hydrogens (tertiary/aromatic N) is 5. The van der Waals surface area contributed by atoms with Crippen LogP contribution in [0.15, 0.2) is 182 Å². The summed E-state index contributed by atoms with van der Waals surface area (Å²) in [5.74, 6) is 2.22. The summed E-state index contributed by atoms with van der Waals surface area (Å²) in [6, 6.07) is 64.5. The number of benzene rings is 7. The molecular weight excluding hydrogens is 647 g/mol. The van der Waals surface area contributed by atoms with Gasteiger partial charge < -0.3 is 9.47 Å². The van der Waals surface area contributed by atoms with Gasteiger partial charge in [0.25, 0.3) is 0 Å². The molecule has 0 unspecified atom stereocenters. The zero-order valence-electron chi connectivity index (χ0n) is 29.8. The topological polar surface area (TPSA) is 38.9 Å². The third-order valence-corrected chi connectivity index (χ3v) is 9.88. The minimum absolute atomic E-state index is 0.598. The Labute approximate surface area is 310 Å². The monoisotopic (exact) mass is 685 g/mol. The van der Waals surface area contributed by atoms with Gasteiger partial charge >= 0.3 is 0 Å². The second kappa shape index (κ2) is 13.8. The molecular formula is C48H39N5. The molecule has 5 heteroatoms. The van der Waals surface area contributed by atoms with Gasteiger partial charge in [0, 0.05) is 50.3 Å². The zero-order valence-corrected chi connectivity index (χ0v) is 29.8. The van der Waals surface area contributed by atoms with Gasteiger partial charge in [-0.1, -0.05) is 123 Å². The maximum Gasteiger partial charge on any atom is 0.168 e. The van der Waals surface area contributed by atoms with Crippen LogP contribution in [0.25, 0.3) is 56.0 Å². The molecule has 0 N–H and O–H groups in total. The first-order valence-corrected chi connectivity index (χ1v) is 18.3. The van der Waals surface area contributed by atoms with Crippen molar-refractivity contribution in [2.45, 2.75) is 20.3 Å². The fourth-order valence-electron chi connectivity index (χ4n) is 7.48. The van der Waals surface area contributed by atoms with Crippen LogP contribution in [0.3, 0.4) is 0 Å². The Morgan fingerprint density at radius 1 is 0.434 bits per heavy atom. The first kappa shape index (κ1) is 32.2. The molecule has 0 spiro atoms. The number of para-hydroxylation sites is 3. The maximum absolute atomic E-state index is 4.75. The molecule has 256 valence electrons. The SMILES string of the molecule is CC(C)Cc1ccc(-c2nnc(-c3ccccc3)n2-c2ccc(N(c3ccccc3)c3ccc(-n4c5ccccc5c5ccccc54)cc3)cc2)cc1. The Morgan fingerprint density at radius 3 is 1.40 bits per heavy atom. The molecule has 9 rings (SSSR count). The second-order valence-corrected chi connectivity index (χ2v) is 13.9. The zero-order chi connectivity index (χ0) is 35.7. The lowest BCUT2D eigenvalue weighted by atomic mass is 10.0. The molecule has 2 aromatic heterocycles. The van der Waals surface area contributed by atoms with E-state index in [0.717, 1.165) is 57.6 Å². The molecule has 53 heavy (non-hydrogen) atoms. The Balaban J connectivity index is 1.11. The number of anilines is 3. The Kier molecular flexibility index (Phi) is 8.37. The largest absolute Gasteiger partial charge is 0.311 e. The first-order chi connectivity index (χ1) is 26.1. The summed E-state index contributed by atoms with van der Waals surface area (Å²) in [7, 11) is 0. The normalized spacial score (nSPS) is 11.5. The van der Waals surface area contributed by atoms with E-state index in [0.29, 0.717) is 5.92 Å². The molecule has 0 saturated carbocycles. The molecule has 0 aliphatic carbocycles. The van der Waals surface area contributed by atoms with Gasteiger partial charge in [-0.05, 0) is 90.7 Å². The molecule has 0 bridgehead atoms. The van der Waals surface area contributed by atoms with E-state index in [9.17, 15) is 0 Å². The minimum Gasteiger partial charge on any atom is -0.311 e. The van der Waals surface area contributed by atoms with Crippen LogP contribution in [0.4, 0.5) is 17.1 Å². The standard InChI is InChI=1S/C48H39N5/c1-34(2)33-35-21-23-37(24-22-35)48-50-49-47(36-13-5-3-6-14-36)53(48)42-31-27-40(28-32-42)51(38-15-7-4-8-16-38)39-25-29-41(30-26-39)52-45-19-11-9-17-43(45)44-18-10-12-20-46(44)52/h3-32,34H,33H2,1-2H3. The Morgan fingerprint density at radius 2 is 0.868 bits per heavy atom. The summed E-state index contributed by atoms with van der Waals surface area (Å²) in [6.45, 7) is 4.50. The molecule has 5 nitrogen and oxygen atoms in total. The minimum atomic E-state index is 0.598. The van der Waals surface area contributed by atoms with Crippen molar-refractivity contribution in [1.82, 2.24) is 19.3 Å². The van der Waals surface area contributed by atoms with E-state index in [-0.39, 0.29) is 0 Å². The molecule has 0 fully saturated rings. The average Bonchev–Trinajstić information content (AvgIpc) is 3.80. The highest BCUT2D eigenvalue weighted by Crippen LogP contribution is 2.38. The quantitative estimate of drug-likeness (QED) is 0.152. The number of rotatable bonds is 9. The van der Waals surface area contributed by atoms with Gasteiger partial charge in [-0.25, -0.2) is 0 Å². The van der Waals surface area contributed by atoms with Crippen LogP contribution in [0.1, 0.15) is 19.4 Å². The summed E-state index contributed by atoms with van der Waals surface area (Å²) in [6.07, 6.45) is 1.05. The third-order valence-electron chi connectivity index (χ3n) is 9.88. The number of aromatic nitrogens is 4. The predicted octanol–water partition coefficient (Wildman–Crippen LogP) is 12.4. The van der Waals surface area contributed by atoms with Crippen molar-refractivity contribution in [1.29, 1.82) is 0 Å². The van der Waals surface area contributed by atoms with Crippen LogP contribution in [0, 0.1) is 5.92 Å². The summed E-state index contributed by atoms with van der Waals surface area (Å²) < 4.78 is 4.53. The lowest BCUT2D eigenvalue weighted by Crippen LogP contribution is -2.10. The van der Waals surface area contributed by atoms with E-state index in [1.54, 1.807) is 0 Å². The highest BCUT2D eigenvalue weighted by Gasteiger charge is 2.19. The fourth-order valence-corrected chi connectivity index (χ4v) is 7.48. The summed E-state index contributed by atoms with van der Waals surface area (Å²) in [5.41, 5.74) is 11.1. The summed E-state index contributed by atoms with van der Waals surface area (Å²) in [4.78, 5) is 2.30. The number of hydrogen-bond acceptors (Lipinski definition) is 3. The van der Waals surface area contributed by atoms with Gasteiger partial charge in [0.1, 0.15) is 0 Å². The Bertz CT molecular complexity index is 2580. The van der Waals surface area contributed by atoms with Crippen LogP contribution < -0.4 is 4.90 Å². The van der Waals surface area contributed by atoms with Crippen LogP contribution >= 0.6 is 0 Å². The Hall–Kier alpha value is -6.72. The van der Waals surface area contributed by atoms with E-state index in [1.807, 2.05) is 18.2 Å². The lowest BCUT2D eigenvalue weighted by Gasteiger charge is -2.26. The van der Waals surface area contributed by atoms with Gasteiger partial charge in [-0.3, -0.25) is 4.57 Å². The van der Waals surface area contributed by atoms with Crippen LogP contribution in [0.5, 0.6) is 0 Å². The van der Waals surface area contributed by atoms with E-state index >= 15 is 0 Å². The van der Waals surface area contributed by atoms with Gasteiger partial charge in [-0.15, -0.1) is 10.2 Å². The third kappa shape index (κ3) is 6.06. The second-order valence-electron chi connectivity index (χ2n) is 13.9. The molecule has 2 heterocycles. The molecule has 0 aliphatic heterocycles. The van der Waals surface area contributed by atoms with Gasteiger partial charge in [0.15, 0.2) is 11.6 Å². The highest BCUT2D eigenvalue weighted by atomic mass is 15.3. The smallest absolute Gasteiger partial charge is 0.168 e. The number of hydrogen-bond donors (Lipinski definition) is 0. The van der Waals surface area contributed by atoms with Crippen molar-refractivity contribution in [2.24, 2.45) is 5.92 Å². The molecule has 9 aromatic rings. The van der Waals surface area contributed by atoms with Gasteiger partial charge in [-0.2, -0.15) is 0 Å². The summed E-state index contributed by atoms with van der Waals surface area (Å²) >= 11 is 0.